The van der Waals surface area contributed by atoms with Crippen molar-refractivity contribution in [2.45, 2.75) is 53.2 Å². The number of carbonyl (C=O) groups excluding carboxylic acids is 1. The summed E-state index contributed by atoms with van der Waals surface area (Å²) in [7, 11) is 1.61. The first-order chi connectivity index (χ1) is 18.6. The summed E-state index contributed by atoms with van der Waals surface area (Å²) < 4.78 is 12.0. The smallest absolute Gasteiger partial charge is 0.231 e. The summed E-state index contributed by atoms with van der Waals surface area (Å²) in [6, 6.07) is 12.0. The number of amides is 1. The number of halogens is 1. The average Bonchev–Trinajstić information content (AvgIpc) is 2.89. The maximum atomic E-state index is 11.6. The Hall–Kier alpha value is -3.36. The first kappa shape index (κ1) is 28.6. The normalized spacial score (nSPS) is 16.0. The number of aromatic nitrogens is 2. The Bertz CT molecular complexity index is 1350. The second-order valence-corrected chi connectivity index (χ2v) is 10.9. The van der Waals surface area contributed by atoms with E-state index in [2.05, 4.69) is 55.7 Å². The highest BCUT2D eigenvalue weighted by Crippen LogP contribution is 2.37. The topological polar surface area (TPSA) is 93.8 Å². The average molecular weight is 552 g/mol. The van der Waals surface area contributed by atoms with Crippen molar-refractivity contribution in [3.8, 4) is 22.9 Å². The number of nitrogens with zero attached hydrogens (tertiary/aromatic N) is 4. The van der Waals surface area contributed by atoms with Crippen LogP contribution in [0.2, 0.25) is 5.02 Å². The fourth-order valence-corrected chi connectivity index (χ4v) is 5.17. The number of hydrogen-bond acceptors (Lipinski definition) is 7. The van der Waals surface area contributed by atoms with E-state index in [4.69, 9.17) is 36.8 Å². The number of benzene rings is 2. The van der Waals surface area contributed by atoms with Crippen LogP contribution in [0, 0.1) is 13.8 Å². The van der Waals surface area contributed by atoms with Crippen LogP contribution in [-0.2, 0) is 11.4 Å². The van der Waals surface area contributed by atoms with Gasteiger partial charge in [0.1, 0.15) is 23.9 Å². The molecular formula is C30H38ClN5O3. The van der Waals surface area contributed by atoms with Crippen molar-refractivity contribution in [2.24, 2.45) is 5.73 Å². The SMILES string of the molecule is COc1cccc(Cl)c1-c1nc(C)c(COc2cc(C(C)C)ccc2C)c(N2CCN(CC(N)=O)C(C)C2)n1. The molecule has 1 fully saturated rings. The highest BCUT2D eigenvalue weighted by Gasteiger charge is 2.29. The molecule has 0 bridgehead atoms. The van der Waals surface area contributed by atoms with E-state index in [1.807, 2.05) is 25.1 Å². The number of anilines is 1. The van der Waals surface area contributed by atoms with E-state index >= 15 is 0 Å². The van der Waals surface area contributed by atoms with Gasteiger partial charge in [-0.05, 0) is 56.0 Å². The quantitative estimate of drug-likeness (QED) is 0.394. The summed E-state index contributed by atoms with van der Waals surface area (Å²) >= 11 is 6.61. The van der Waals surface area contributed by atoms with Gasteiger partial charge in [-0.3, -0.25) is 9.69 Å². The number of primary amides is 1. The first-order valence-electron chi connectivity index (χ1n) is 13.3. The predicted molar refractivity (Wildman–Crippen MR) is 156 cm³/mol. The Morgan fingerprint density at radius 2 is 1.92 bits per heavy atom. The van der Waals surface area contributed by atoms with Crippen molar-refractivity contribution in [3.63, 3.8) is 0 Å². The minimum atomic E-state index is -0.325. The molecule has 1 aliphatic rings. The molecule has 0 radical (unpaired) electrons. The van der Waals surface area contributed by atoms with Crippen molar-refractivity contribution in [1.82, 2.24) is 14.9 Å². The van der Waals surface area contributed by atoms with Crippen molar-refractivity contribution in [3.05, 3.63) is 63.8 Å². The molecule has 1 atom stereocenters. The molecule has 39 heavy (non-hydrogen) atoms. The summed E-state index contributed by atoms with van der Waals surface area (Å²) in [5.74, 6) is 2.83. The van der Waals surface area contributed by atoms with Crippen molar-refractivity contribution >= 4 is 23.3 Å². The molecule has 3 aromatic rings. The molecular weight excluding hydrogens is 514 g/mol. The van der Waals surface area contributed by atoms with Gasteiger partial charge in [0, 0.05) is 25.7 Å². The van der Waals surface area contributed by atoms with Crippen LogP contribution < -0.4 is 20.1 Å². The van der Waals surface area contributed by atoms with E-state index in [9.17, 15) is 4.79 Å². The second-order valence-electron chi connectivity index (χ2n) is 10.5. The summed E-state index contributed by atoms with van der Waals surface area (Å²) in [6.45, 7) is 13.1. The molecule has 0 aliphatic carbocycles. The number of aryl methyl sites for hydroxylation is 2. The molecule has 1 unspecified atom stereocenters. The van der Waals surface area contributed by atoms with Crippen LogP contribution in [0.3, 0.4) is 0 Å². The lowest BCUT2D eigenvalue weighted by Crippen LogP contribution is -2.54. The minimum absolute atomic E-state index is 0.110. The van der Waals surface area contributed by atoms with Crippen LogP contribution in [0.1, 0.15) is 49.1 Å². The molecule has 1 amide bonds. The summed E-state index contributed by atoms with van der Waals surface area (Å²) in [4.78, 5) is 25.8. The van der Waals surface area contributed by atoms with Crippen molar-refractivity contribution < 1.29 is 14.3 Å². The zero-order chi connectivity index (χ0) is 28.3. The van der Waals surface area contributed by atoms with Crippen LogP contribution >= 0.6 is 11.6 Å². The van der Waals surface area contributed by atoms with E-state index < -0.39 is 0 Å². The monoisotopic (exact) mass is 551 g/mol. The van der Waals surface area contributed by atoms with Crippen LogP contribution in [-0.4, -0.2) is 60.1 Å². The third-order valence-corrected chi connectivity index (χ3v) is 7.60. The number of ether oxygens (including phenoxy) is 2. The lowest BCUT2D eigenvalue weighted by atomic mass is 10.0. The maximum absolute atomic E-state index is 11.6. The Morgan fingerprint density at radius 1 is 1.15 bits per heavy atom. The molecule has 1 aliphatic heterocycles. The third-order valence-electron chi connectivity index (χ3n) is 7.29. The summed E-state index contributed by atoms with van der Waals surface area (Å²) in [5, 5.41) is 0.518. The van der Waals surface area contributed by atoms with E-state index in [-0.39, 0.29) is 18.5 Å². The molecule has 2 heterocycles. The van der Waals surface area contributed by atoms with Gasteiger partial charge >= 0.3 is 0 Å². The highest BCUT2D eigenvalue weighted by atomic mass is 35.5. The zero-order valence-electron chi connectivity index (χ0n) is 23.6. The molecule has 0 spiro atoms. The molecule has 4 rings (SSSR count). The number of methoxy groups -OCH3 is 1. The molecule has 0 saturated carbocycles. The van der Waals surface area contributed by atoms with E-state index in [0.717, 1.165) is 28.4 Å². The highest BCUT2D eigenvalue weighted by molar-refractivity contribution is 6.33. The lowest BCUT2D eigenvalue weighted by Gasteiger charge is -2.40. The fraction of sp³-hybridized carbons (Fsp3) is 0.433. The second kappa shape index (κ2) is 12.2. The number of nitrogens with two attached hydrogens (primary N) is 1. The molecule has 2 N–H and O–H groups in total. The number of piperazine rings is 1. The number of rotatable bonds is 9. The van der Waals surface area contributed by atoms with Crippen LogP contribution in [0.25, 0.3) is 11.4 Å². The largest absolute Gasteiger partial charge is 0.496 e. The van der Waals surface area contributed by atoms with Gasteiger partial charge in [0.05, 0.1) is 35.5 Å². The van der Waals surface area contributed by atoms with Gasteiger partial charge < -0.3 is 20.1 Å². The Kier molecular flexibility index (Phi) is 8.97. The van der Waals surface area contributed by atoms with E-state index in [1.54, 1.807) is 7.11 Å². The Balaban J connectivity index is 1.75. The Labute approximate surface area is 236 Å². The van der Waals surface area contributed by atoms with Gasteiger partial charge in [-0.1, -0.05) is 43.6 Å². The summed E-state index contributed by atoms with van der Waals surface area (Å²) in [6.07, 6.45) is 0. The predicted octanol–water partition coefficient (Wildman–Crippen LogP) is 5.12. The van der Waals surface area contributed by atoms with Crippen LogP contribution in [0.4, 0.5) is 5.82 Å². The maximum Gasteiger partial charge on any atom is 0.231 e. The summed E-state index contributed by atoms with van der Waals surface area (Å²) in [5.41, 5.74) is 10.2. The number of carbonyl (C=O) groups is 1. The molecule has 1 aromatic heterocycles. The lowest BCUT2D eigenvalue weighted by molar-refractivity contribution is -0.119. The van der Waals surface area contributed by atoms with Gasteiger partial charge in [0.25, 0.3) is 0 Å². The van der Waals surface area contributed by atoms with Crippen LogP contribution in [0.15, 0.2) is 36.4 Å². The molecule has 9 heteroatoms. The van der Waals surface area contributed by atoms with Crippen LogP contribution in [0.5, 0.6) is 11.5 Å². The fourth-order valence-electron chi connectivity index (χ4n) is 4.92. The van der Waals surface area contributed by atoms with E-state index in [1.165, 1.54) is 5.56 Å². The van der Waals surface area contributed by atoms with Gasteiger partial charge in [0.2, 0.25) is 5.91 Å². The minimum Gasteiger partial charge on any atom is -0.496 e. The zero-order valence-corrected chi connectivity index (χ0v) is 24.4. The molecule has 8 nitrogen and oxygen atoms in total. The van der Waals surface area contributed by atoms with E-state index in [0.29, 0.717) is 54.3 Å². The Morgan fingerprint density at radius 3 is 2.59 bits per heavy atom. The molecule has 2 aromatic carbocycles. The standard InChI is InChI=1S/C30H38ClN5O3/c1-18(2)22-11-10-19(3)26(14-22)39-17-23-21(5)33-29(28-24(31)8-7-9-25(28)38-6)34-30(23)36-13-12-35(16-27(32)37)20(4)15-36/h7-11,14,18,20H,12-13,15-17H2,1-6H3,(H2,32,37). The van der Waals surface area contributed by atoms with Gasteiger partial charge in [-0.15, -0.1) is 0 Å². The molecule has 1 saturated heterocycles. The van der Waals surface area contributed by atoms with Crippen molar-refractivity contribution in [1.29, 1.82) is 0 Å². The van der Waals surface area contributed by atoms with Crippen molar-refractivity contribution in [2.75, 3.05) is 38.2 Å². The molecule has 208 valence electrons. The van der Waals surface area contributed by atoms with Gasteiger partial charge in [-0.2, -0.15) is 0 Å². The van der Waals surface area contributed by atoms with Gasteiger partial charge in [0.15, 0.2) is 5.82 Å². The number of hydrogen-bond donors (Lipinski definition) is 1. The first-order valence-corrected chi connectivity index (χ1v) is 13.7. The third kappa shape index (κ3) is 6.45. The van der Waals surface area contributed by atoms with Gasteiger partial charge in [-0.25, -0.2) is 9.97 Å².